The lowest BCUT2D eigenvalue weighted by Crippen LogP contribution is -2.14. The van der Waals surface area contributed by atoms with Gasteiger partial charge in [-0.15, -0.1) is 0 Å². The zero-order valence-corrected chi connectivity index (χ0v) is 13.0. The highest BCUT2D eigenvalue weighted by Gasteiger charge is 2.09. The summed E-state index contributed by atoms with van der Waals surface area (Å²) in [6, 6.07) is 9.26. The number of aromatic nitrogens is 1. The number of hydrogen-bond acceptors (Lipinski definition) is 3. The summed E-state index contributed by atoms with van der Waals surface area (Å²) in [7, 11) is 1.85. The lowest BCUT2D eigenvalue weighted by molar-refractivity contribution is 0.102. The lowest BCUT2D eigenvalue weighted by Gasteiger charge is -2.09. The first kappa shape index (κ1) is 14.7. The average Bonchev–Trinajstić information content (AvgIpc) is 2.42. The Labute approximate surface area is 126 Å². The van der Waals surface area contributed by atoms with E-state index in [1.54, 1.807) is 18.3 Å². The first-order valence-electron chi connectivity index (χ1n) is 6.27. The first-order valence-corrected chi connectivity index (χ1v) is 7.06. The Morgan fingerprint density at radius 3 is 2.80 bits per heavy atom. The maximum atomic E-state index is 12.2. The lowest BCUT2D eigenvalue weighted by atomic mass is 10.1. The van der Waals surface area contributed by atoms with Crippen LogP contribution in [0.1, 0.15) is 21.6 Å². The van der Waals surface area contributed by atoms with E-state index in [1.165, 1.54) is 0 Å². The van der Waals surface area contributed by atoms with Crippen LogP contribution >= 0.6 is 15.9 Å². The predicted molar refractivity (Wildman–Crippen MR) is 83.8 cm³/mol. The summed E-state index contributed by atoms with van der Waals surface area (Å²) in [5.41, 5.74) is 3.27. The molecule has 0 fully saturated rings. The van der Waals surface area contributed by atoms with Gasteiger partial charge in [0.25, 0.3) is 5.91 Å². The molecule has 0 spiro atoms. The fraction of sp³-hybridized carbons (Fsp3) is 0.200. The third-order valence-corrected chi connectivity index (χ3v) is 3.37. The predicted octanol–water partition coefficient (Wildman–Crippen LogP) is 3.12. The highest BCUT2D eigenvalue weighted by molar-refractivity contribution is 9.10. The van der Waals surface area contributed by atoms with Crippen LogP contribution in [-0.4, -0.2) is 17.9 Å². The third kappa shape index (κ3) is 3.65. The van der Waals surface area contributed by atoms with Gasteiger partial charge in [0.1, 0.15) is 0 Å². The number of hydrogen-bond donors (Lipinski definition) is 2. The molecule has 20 heavy (non-hydrogen) atoms. The number of carbonyl (C=O) groups excluding carboxylic acids is 1. The van der Waals surface area contributed by atoms with Gasteiger partial charge in [0, 0.05) is 28.5 Å². The van der Waals surface area contributed by atoms with Gasteiger partial charge in [0.15, 0.2) is 0 Å². The zero-order chi connectivity index (χ0) is 14.5. The van der Waals surface area contributed by atoms with Crippen molar-refractivity contribution in [3.63, 3.8) is 0 Å². The molecular weight excluding hydrogens is 318 g/mol. The topological polar surface area (TPSA) is 54.0 Å². The summed E-state index contributed by atoms with van der Waals surface area (Å²) in [5.74, 6) is -0.129. The van der Waals surface area contributed by atoms with Crippen molar-refractivity contribution < 1.29 is 4.79 Å². The second-order valence-electron chi connectivity index (χ2n) is 4.48. The van der Waals surface area contributed by atoms with Gasteiger partial charge in [0.2, 0.25) is 0 Å². The van der Waals surface area contributed by atoms with Gasteiger partial charge in [-0.3, -0.25) is 9.78 Å². The van der Waals surface area contributed by atoms with Gasteiger partial charge in [-0.25, -0.2) is 0 Å². The van der Waals surface area contributed by atoms with Crippen molar-refractivity contribution in [2.24, 2.45) is 0 Å². The fourth-order valence-corrected chi connectivity index (χ4v) is 2.33. The van der Waals surface area contributed by atoms with Crippen LogP contribution in [0.3, 0.4) is 0 Å². The molecule has 0 saturated carbocycles. The van der Waals surface area contributed by atoms with Crippen LogP contribution < -0.4 is 10.6 Å². The number of rotatable bonds is 4. The number of aryl methyl sites for hydroxylation is 1. The maximum Gasteiger partial charge on any atom is 0.255 e. The molecule has 0 unspecified atom stereocenters. The maximum absolute atomic E-state index is 12.2. The molecule has 1 heterocycles. The molecule has 2 N–H and O–H groups in total. The molecule has 2 aromatic rings. The molecule has 2 rings (SSSR count). The molecule has 0 bridgehead atoms. The van der Waals surface area contributed by atoms with Crippen molar-refractivity contribution in [1.82, 2.24) is 10.3 Å². The van der Waals surface area contributed by atoms with Gasteiger partial charge in [-0.2, -0.15) is 0 Å². The molecule has 1 amide bonds. The Hall–Kier alpha value is -1.72. The number of nitrogens with one attached hydrogen (secondary N) is 2. The average molecular weight is 334 g/mol. The number of amides is 1. The van der Waals surface area contributed by atoms with Gasteiger partial charge >= 0.3 is 0 Å². The highest BCUT2D eigenvalue weighted by Crippen LogP contribution is 2.20. The standard InChI is InChI=1S/C15H16BrN3O/c1-10-7-12(16)3-4-14(10)19-15(20)11-5-6-18-13(8-11)9-17-2/h3-8,17H,9H2,1-2H3,(H,19,20). The Kier molecular flexibility index (Phi) is 4.87. The van der Waals surface area contributed by atoms with Crippen molar-refractivity contribution in [3.8, 4) is 0 Å². The van der Waals surface area contributed by atoms with E-state index in [0.717, 1.165) is 21.4 Å². The van der Waals surface area contributed by atoms with Crippen molar-refractivity contribution >= 4 is 27.5 Å². The number of pyridine rings is 1. The molecule has 104 valence electrons. The molecule has 0 radical (unpaired) electrons. The summed E-state index contributed by atoms with van der Waals surface area (Å²) in [6.07, 6.45) is 1.65. The Balaban J connectivity index is 2.17. The Bertz CT molecular complexity index is 628. The largest absolute Gasteiger partial charge is 0.322 e. The van der Waals surface area contributed by atoms with Gasteiger partial charge in [0.05, 0.1) is 5.69 Å². The number of carbonyl (C=O) groups is 1. The second-order valence-corrected chi connectivity index (χ2v) is 5.40. The fourth-order valence-electron chi connectivity index (χ4n) is 1.86. The van der Waals surface area contributed by atoms with Gasteiger partial charge < -0.3 is 10.6 Å². The van der Waals surface area contributed by atoms with Crippen LogP contribution in [0.15, 0.2) is 41.0 Å². The molecule has 0 aliphatic rings. The monoisotopic (exact) mass is 333 g/mol. The minimum absolute atomic E-state index is 0.129. The molecule has 1 aromatic heterocycles. The quantitative estimate of drug-likeness (QED) is 0.903. The number of nitrogens with zero attached hydrogens (tertiary/aromatic N) is 1. The van der Waals surface area contributed by atoms with Crippen LogP contribution in [0.2, 0.25) is 0 Å². The van der Waals surface area contributed by atoms with Gasteiger partial charge in [-0.05, 0) is 49.9 Å². The Morgan fingerprint density at radius 1 is 1.30 bits per heavy atom. The van der Waals surface area contributed by atoms with Crippen molar-refractivity contribution in [3.05, 3.63) is 57.8 Å². The van der Waals surface area contributed by atoms with Crippen molar-refractivity contribution in [2.75, 3.05) is 12.4 Å². The number of anilines is 1. The van der Waals surface area contributed by atoms with E-state index in [2.05, 4.69) is 31.5 Å². The van der Waals surface area contributed by atoms with Gasteiger partial charge in [-0.1, -0.05) is 15.9 Å². The van der Waals surface area contributed by atoms with Crippen LogP contribution in [0.5, 0.6) is 0 Å². The van der Waals surface area contributed by atoms with E-state index in [-0.39, 0.29) is 5.91 Å². The van der Waals surface area contributed by atoms with Crippen LogP contribution in [0.25, 0.3) is 0 Å². The highest BCUT2D eigenvalue weighted by atomic mass is 79.9. The molecular formula is C15H16BrN3O. The van der Waals surface area contributed by atoms with Crippen LogP contribution in [0, 0.1) is 6.92 Å². The zero-order valence-electron chi connectivity index (χ0n) is 11.4. The van der Waals surface area contributed by atoms with Crippen LogP contribution in [-0.2, 0) is 6.54 Å². The molecule has 0 aliphatic heterocycles. The molecule has 0 aliphatic carbocycles. The van der Waals surface area contributed by atoms with E-state index in [1.807, 2.05) is 32.2 Å². The molecule has 5 heteroatoms. The summed E-state index contributed by atoms with van der Waals surface area (Å²) in [6.45, 7) is 2.60. The SMILES string of the molecule is CNCc1cc(C(=O)Nc2ccc(Br)cc2C)ccn1. The minimum atomic E-state index is -0.129. The first-order chi connectivity index (χ1) is 9.60. The van der Waals surface area contributed by atoms with E-state index in [0.29, 0.717) is 12.1 Å². The van der Waals surface area contributed by atoms with E-state index in [9.17, 15) is 4.79 Å². The molecule has 0 atom stereocenters. The van der Waals surface area contributed by atoms with Crippen LogP contribution in [0.4, 0.5) is 5.69 Å². The summed E-state index contributed by atoms with van der Waals surface area (Å²) < 4.78 is 0.994. The molecule has 1 aromatic carbocycles. The van der Waals surface area contributed by atoms with E-state index >= 15 is 0 Å². The summed E-state index contributed by atoms with van der Waals surface area (Å²) in [4.78, 5) is 16.4. The normalized spacial score (nSPS) is 10.3. The smallest absolute Gasteiger partial charge is 0.255 e. The van der Waals surface area contributed by atoms with E-state index in [4.69, 9.17) is 0 Å². The van der Waals surface area contributed by atoms with Crippen molar-refractivity contribution in [2.45, 2.75) is 13.5 Å². The number of benzene rings is 1. The molecule has 0 saturated heterocycles. The Morgan fingerprint density at radius 2 is 2.10 bits per heavy atom. The second kappa shape index (κ2) is 6.63. The molecule has 4 nitrogen and oxygen atoms in total. The minimum Gasteiger partial charge on any atom is -0.322 e. The number of halogens is 1. The summed E-state index contributed by atoms with van der Waals surface area (Å²) >= 11 is 3.41. The van der Waals surface area contributed by atoms with E-state index < -0.39 is 0 Å². The summed E-state index contributed by atoms with van der Waals surface area (Å²) in [5, 5.41) is 5.93. The third-order valence-electron chi connectivity index (χ3n) is 2.87. The van der Waals surface area contributed by atoms with Crippen molar-refractivity contribution in [1.29, 1.82) is 0 Å².